The monoisotopic (exact) mass is 334 g/mol. The number of carbonyl (C=O) groups excluding carboxylic acids is 1. The van der Waals surface area contributed by atoms with Crippen molar-refractivity contribution in [3.8, 4) is 10.8 Å². The lowest BCUT2D eigenvalue weighted by atomic mass is 9.87. The van der Waals surface area contributed by atoms with Gasteiger partial charge >= 0.3 is 0 Å². The van der Waals surface area contributed by atoms with Crippen LogP contribution in [0.1, 0.15) is 43.1 Å². The Morgan fingerprint density at radius 1 is 1.35 bits per heavy atom. The average Bonchev–Trinajstić information content (AvgIpc) is 2.96. The van der Waals surface area contributed by atoms with Crippen molar-refractivity contribution in [3.63, 3.8) is 0 Å². The van der Waals surface area contributed by atoms with Crippen LogP contribution in [-0.4, -0.2) is 38.6 Å². The van der Waals surface area contributed by atoms with Gasteiger partial charge in [0.15, 0.2) is 10.8 Å². The first-order chi connectivity index (χ1) is 10.9. The van der Waals surface area contributed by atoms with Gasteiger partial charge in [0.1, 0.15) is 4.88 Å². The second-order valence-corrected chi connectivity index (χ2v) is 7.29. The number of amides is 1. The Labute approximate surface area is 140 Å². The van der Waals surface area contributed by atoms with E-state index in [1.54, 1.807) is 18.5 Å². The lowest BCUT2D eigenvalue weighted by Gasteiger charge is -2.29. The minimum atomic E-state index is -0.321. The highest BCUT2D eigenvalue weighted by molar-refractivity contribution is 7.17. The van der Waals surface area contributed by atoms with Crippen LogP contribution in [-0.2, 0) is 6.42 Å². The summed E-state index contributed by atoms with van der Waals surface area (Å²) in [7, 11) is 0. The van der Waals surface area contributed by atoms with Crippen LogP contribution >= 0.6 is 11.3 Å². The SMILES string of the molecule is CCc1nc(-c2ncccn2)sc1C(=O)N[C@H](CO)C(C)(C)C. The van der Waals surface area contributed by atoms with Crippen molar-refractivity contribution in [1.82, 2.24) is 20.3 Å². The Balaban J connectivity index is 2.28. The Morgan fingerprint density at radius 3 is 2.52 bits per heavy atom. The summed E-state index contributed by atoms with van der Waals surface area (Å²) in [5, 5.41) is 13.1. The molecule has 6 nitrogen and oxygen atoms in total. The van der Waals surface area contributed by atoms with Crippen molar-refractivity contribution >= 4 is 17.2 Å². The summed E-state index contributed by atoms with van der Waals surface area (Å²) in [6.07, 6.45) is 3.94. The highest BCUT2D eigenvalue weighted by Gasteiger charge is 2.28. The van der Waals surface area contributed by atoms with Gasteiger partial charge in [-0.25, -0.2) is 15.0 Å². The summed E-state index contributed by atoms with van der Waals surface area (Å²) in [6, 6.07) is 1.42. The standard InChI is InChI=1S/C16H22N4O2S/c1-5-10-12(14(22)20-11(9-21)16(2,3)4)23-15(19-10)13-17-7-6-8-18-13/h6-8,11,21H,5,9H2,1-4H3,(H,20,22)/t11-/m1/s1. The van der Waals surface area contributed by atoms with E-state index in [4.69, 9.17) is 0 Å². The van der Waals surface area contributed by atoms with Crippen LogP contribution in [0.25, 0.3) is 10.8 Å². The molecule has 0 fully saturated rings. The van der Waals surface area contributed by atoms with Crippen molar-refractivity contribution in [2.24, 2.45) is 5.41 Å². The molecule has 0 unspecified atom stereocenters. The summed E-state index contributed by atoms with van der Waals surface area (Å²) in [5.74, 6) is 0.302. The van der Waals surface area contributed by atoms with Crippen LogP contribution in [0.15, 0.2) is 18.5 Å². The number of hydrogen-bond acceptors (Lipinski definition) is 6. The number of nitrogens with zero attached hydrogens (tertiary/aromatic N) is 3. The first kappa shape index (κ1) is 17.5. The molecular weight excluding hydrogens is 312 g/mol. The van der Waals surface area contributed by atoms with Gasteiger partial charge < -0.3 is 10.4 Å². The molecule has 2 N–H and O–H groups in total. The Morgan fingerprint density at radius 2 is 2.00 bits per heavy atom. The fraction of sp³-hybridized carbons (Fsp3) is 0.500. The number of thiazole rings is 1. The zero-order chi connectivity index (χ0) is 17.0. The average molecular weight is 334 g/mol. The molecule has 1 amide bonds. The van der Waals surface area contributed by atoms with E-state index < -0.39 is 0 Å². The Hall–Kier alpha value is -1.86. The van der Waals surface area contributed by atoms with Crippen LogP contribution in [0, 0.1) is 5.41 Å². The summed E-state index contributed by atoms with van der Waals surface area (Å²) in [5.41, 5.74) is 0.493. The van der Waals surface area contributed by atoms with Gasteiger partial charge in [-0.05, 0) is 17.9 Å². The number of aliphatic hydroxyl groups is 1. The number of aryl methyl sites for hydroxylation is 1. The van der Waals surface area contributed by atoms with E-state index in [1.807, 2.05) is 27.7 Å². The zero-order valence-corrected chi connectivity index (χ0v) is 14.6. The van der Waals surface area contributed by atoms with Crippen LogP contribution in [0.3, 0.4) is 0 Å². The number of hydrogen-bond donors (Lipinski definition) is 2. The molecule has 0 saturated carbocycles. The minimum absolute atomic E-state index is 0.107. The van der Waals surface area contributed by atoms with Gasteiger partial charge in [-0.3, -0.25) is 4.79 Å². The highest BCUT2D eigenvalue weighted by atomic mass is 32.1. The molecule has 0 saturated heterocycles. The van der Waals surface area contributed by atoms with Crippen LogP contribution in [0.5, 0.6) is 0 Å². The molecule has 2 aromatic rings. The maximum absolute atomic E-state index is 12.6. The van der Waals surface area contributed by atoms with E-state index in [-0.39, 0.29) is 24.0 Å². The fourth-order valence-corrected chi connectivity index (χ4v) is 3.04. The molecule has 124 valence electrons. The summed E-state index contributed by atoms with van der Waals surface area (Å²) in [4.78, 5) is 26.0. The van der Waals surface area contributed by atoms with Gasteiger partial charge in [-0.1, -0.05) is 27.7 Å². The van der Waals surface area contributed by atoms with Gasteiger partial charge in [0.25, 0.3) is 5.91 Å². The molecule has 2 rings (SSSR count). The molecule has 2 heterocycles. The number of aromatic nitrogens is 3. The number of nitrogens with one attached hydrogen (secondary N) is 1. The predicted molar refractivity (Wildman–Crippen MR) is 90.3 cm³/mol. The Bertz CT molecular complexity index is 664. The number of carbonyl (C=O) groups is 1. The van der Waals surface area contributed by atoms with E-state index in [0.29, 0.717) is 22.1 Å². The number of aliphatic hydroxyl groups excluding tert-OH is 1. The van der Waals surface area contributed by atoms with Gasteiger partial charge in [-0.15, -0.1) is 11.3 Å². The van der Waals surface area contributed by atoms with Gasteiger partial charge in [-0.2, -0.15) is 0 Å². The van der Waals surface area contributed by atoms with E-state index >= 15 is 0 Å². The molecule has 0 bridgehead atoms. The topological polar surface area (TPSA) is 88.0 Å². The second-order valence-electron chi connectivity index (χ2n) is 6.30. The second kappa shape index (κ2) is 7.14. The van der Waals surface area contributed by atoms with Gasteiger partial charge in [0.2, 0.25) is 0 Å². The molecule has 1 atom stereocenters. The summed E-state index contributed by atoms with van der Waals surface area (Å²) < 4.78 is 0. The molecule has 0 aliphatic carbocycles. The van der Waals surface area contributed by atoms with Gasteiger partial charge in [0, 0.05) is 12.4 Å². The molecule has 2 aromatic heterocycles. The van der Waals surface area contributed by atoms with Gasteiger partial charge in [0.05, 0.1) is 18.3 Å². The van der Waals surface area contributed by atoms with E-state index in [1.165, 1.54) is 11.3 Å². The van der Waals surface area contributed by atoms with E-state index in [0.717, 1.165) is 5.69 Å². The van der Waals surface area contributed by atoms with E-state index in [2.05, 4.69) is 20.3 Å². The van der Waals surface area contributed by atoms with Crippen molar-refractivity contribution in [3.05, 3.63) is 29.0 Å². The van der Waals surface area contributed by atoms with Crippen LogP contribution in [0.4, 0.5) is 0 Å². The third kappa shape index (κ3) is 4.11. The molecule has 0 spiro atoms. The quantitative estimate of drug-likeness (QED) is 0.876. The first-order valence-corrected chi connectivity index (χ1v) is 8.37. The minimum Gasteiger partial charge on any atom is -0.394 e. The normalized spacial score (nSPS) is 12.9. The van der Waals surface area contributed by atoms with Crippen LogP contribution < -0.4 is 5.32 Å². The molecule has 0 radical (unpaired) electrons. The third-order valence-corrected chi connectivity index (χ3v) is 4.62. The summed E-state index contributed by atoms with van der Waals surface area (Å²) >= 11 is 1.28. The van der Waals surface area contributed by atoms with Crippen molar-refractivity contribution in [2.45, 2.75) is 40.2 Å². The molecule has 0 aromatic carbocycles. The molecule has 0 aliphatic heterocycles. The maximum atomic E-state index is 12.6. The largest absolute Gasteiger partial charge is 0.394 e. The third-order valence-electron chi connectivity index (χ3n) is 3.53. The Kier molecular flexibility index (Phi) is 5.43. The molecule has 0 aliphatic rings. The van der Waals surface area contributed by atoms with E-state index in [9.17, 15) is 9.90 Å². The predicted octanol–water partition coefficient (Wildman–Crippen LogP) is 2.30. The lowest BCUT2D eigenvalue weighted by molar-refractivity contribution is 0.0851. The summed E-state index contributed by atoms with van der Waals surface area (Å²) in [6.45, 7) is 7.78. The van der Waals surface area contributed by atoms with Crippen molar-refractivity contribution < 1.29 is 9.90 Å². The molecule has 7 heteroatoms. The molecular formula is C16H22N4O2S. The van der Waals surface area contributed by atoms with Crippen molar-refractivity contribution in [1.29, 1.82) is 0 Å². The fourth-order valence-electron chi connectivity index (χ4n) is 2.03. The number of rotatable bonds is 5. The smallest absolute Gasteiger partial charge is 0.263 e. The van der Waals surface area contributed by atoms with Crippen LogP contribution in [0.2, 0.25) is 0 Å². The van der Waals surface area contributed by atoms with Crippen molar-refractivity contribution in [2.75, 3.05) is 6.61 Å². The first-order valence-electron chi connectivity index (χ1n) is 7.55. The highest BCUT2D eigenvalue weighted by Crippen LogP contribution is 2.27. The zero-order valence-electron chi connectivity index (χ0n) is 13.8. The maximum Gasteiger partial charge on any atom is 0.263 e. The molecule has 23 heavy (non-hydrogen) atoms. The lowest BCUT2D eigenvalue weighted by Crippen LogP contribution is -2.46.